The Labute approximate surface area is 141 Å². The highest BCUT2D eigenvalue weighted by Crippen LogP contribution is 2.18. The average molecular weight is 322 g/mol. The van der Waals surface area contributed by atoms with Crippen LogP contribution >= 0.6 is 0 Å². The zero-order chi connectivity index (χ0) is 16.8. The average Bonchev–Trinajstić information content (AvgIpc) is 3.03. The number of carbonyl (C=O) groups excluding carboxylic acids is 1. The minimum atomic E-state index is -0.247. The molecule has 3 rings (SSSR count). The third-order valence-corrected chi connectivity index (χ3v) is 4.21. The fraction of sp³-hybridized carbons (Fsp3) is 0.250. The van der Waals surface area contributed by atoms with Gasteiger partial charge in [-0.1, -0.05) is 48.5 Å². The van der Waals surface area contributed by atoms with Crippen LogP contribution in [-0.4, -0.2) is 28.6 Å². The Morgan fingerprint density at radius 3 is 2.62 bits per heavy atom. The Morgan fingerprint density at radius 1 is 1.08 bits per heavy atom. The van der Waals surface area contributed by atoms with Crippen molar-refractivity contribution in [1.29, 1.82) is 0 Å². The van der Waals surface area contributed by atoms with Crippen molar-refractivity contribution in [1.82, 2.24) is 10.3 Å². The van der Waals surface area contributed by atoms with Gasteiger partial charge in [-0.25, -0.2) is 0 Å². The molecule has 0 saturated carbocycles. The number of nitrogens with one attached hydrogen (secondary N) is 2. The van der Waals surface area contributed by atoms with Gasteiger partial charge < -0.3 is 15.4 Å². The highest BCUT2D eigenvalue weighted by atomic mass is 16.3. The van der Waals surface area contributed by atoms with E-state index >= 15 is 0 Å². The molecule has 0 aliphatic carbocycles. The summed E-state index contributed by atoms with van der Waals surface area (Å²) in [6, 6.07) is 17.7. The second-order valence-electron chi connectivity index (χ2n) is 6.00. The molecule has 1 atom stereocenters. The van der Waals surface area contributed by atoms with Gasteiger partial charge in [-0.3, -0.25) is 4.79 Å². The van der Waals surface area contributed by atoms with Gasteiger partial charge in [-0.15, -0.1) is 0 Å². The lowest BCUT2D eigenvalue weighted by Crippen LogP contribution is -2.39. The SMILES string of the molecule is O=C(CCc1c[nH]c2ccccc12)N[C@H](CO)Cc1ccccc1. The number of H-pyrrole nitrogens is 1. The monoisotopic (exact) mass is 322 g/mol. The Balaban J connectivity index is 1.54. The van der Waals surface area contributed by atoms with Gasteiger partial charge in [0, 0.05) is 23.5 Å². The van der Waals surface area contributed by atoms with Crippen molar-refractivity contribution in [3.63, 3.8) is 0 Å². The molecule has 124 valence electrons. The Hall–Kier alpha value is -2.59. The number of rotatable bonds is 7. The minimum Gasteiger partial charge on any atom is -0.394 e. The van der Waals surface area contributed by atoms with Crippen LogP contribution in [0.2, 0.25) is 0 Å². The van der Waals surface area contributed by atoms with E-state index in [1.807, 2.05) is 54.7 Å². The highest BCUT2D eigenvalue weighted by Gasteiger charge is 2.13. The molecule has 1 amide bonds. The number of hydrogen-bond acceptors (Lipinski definition) is 2. The van der Waals surface area contributed by atoms with Crippen LogP contribution in [-0.2, 0) is 17.6 Å². The van der Waals surface area contributed by atoms with Crippen molar-refractivity contribution in [3.8, 4) is 0 Å². The molecule has 0 aliphatic rings. The molecule has 0 spiro atoms. The Bertz CT molecular complexity index is 796. The summed E-state index contributed by atoms with van der Waals surface area (Å²) in [6.45, 7) is -0.0618. The molecule has 0 unspecified atom stereocenters. The van der Waals surface area contributed by atoms with Crippen molar-refractivity contribution in [3.05, 3.63) is 71.9 Å². The van der Waals surface area contributed by atoms with E-state index in [0.717, 1.165) is 22.0 Å². The van der Waals surface area contributed by atoms with E-state index < -0.39 is 0 Å². The summed E-state index contributed by atoms with van der Waals surface area (Å²) in [5.41, 5.74) is 3.34. The molecule has 3 N–H and O–H groups in total. The lowest BCUT2D eigenvalue weighted by molar-refractivity contribution is -0.122. The van der Waals surface area contributed by atoms with E-state index in [0.29, 0.717) is 19.3 Å². The van der Waals surface area contributed by atoms with Crippen LogP contribution in [0.5, 0.6) is 0 Å². The number of aryl methyl sites for hydroxylation is 1. The maximum atomic E-state index is 12.2. The number of benzene rings is 2. The molecular weight excluding hydrogens is 300 g/mol. The third-order valence-electron chi connectivity index (χ3n) is 4.21. The number of amides is 1. The molecule has 2 aromatic carbocycles. The van der Waals surface area contributed by atoms with Crippen LogP contribution in [0, 0.1) is 0 Å². The Morgan fingerprint density at radius 2 is 1.83 bits per heavy atom. The summed E-state index contributed by atoms with van der Waals surface area (Å²) in [5.74, 6) is -0.0322. The second kappa shape index (κ2) is 7.79. The van der Waals surface area contributed by atoms with Gasteiger partial charge in [0.05, 0.1) is 12.6 Å². The zero-order valence-electron chi connectivity index (χ0n) is 13.5. The van der Waals surface area contributed by atoms with E-state index in [4.69, 9.17) is 0 Å². The first kappa shape index (κ1) is 16.3. The number of aliphatic hydroxyl groups excluding tert-OH is 1. The molecule has 24 heavy (non-hydrogen) atoms. The minimum absolute atomic E-state index is 0.0322. The van der Waals surface area contributed by atoms with Crippen molar-refractivity contribution < 1.29 is 9.90 Å². The van der Waals surface area contributed by atoms with Crippen molar-refractivity contribution >= 4 is 16.8 Å². The van der Waals surface area contributed by atoms with Gasteiger partial charge >= 0.3 is 0 Å². The first-order chi connectivity index (χ1) is 11.8. The predicted octanol–water partition coefficient (Wildman–Crippen LogP) is 2.82. The van der Waals surface area contributed by atoms with Crippen molar-refractivity contribution in [2.75, 3.05) is 6.61 Å². The maximum absolute atomic E-state index is 12.2. The standard InChI is InChI=1S/C20H22N2O2/c23-14-17(12-15-6-2-1-3-7-15)22-20(24)11-10-16-13-21-19-9-5-4-8-18(16)19/h1-9,13,17,21,23H,10-12,14H2,(H,22,24)/t17-/m0/s1. The lowest BCUT2D eigenvalue weighted by atomic mass is 10.1. The van der Waals surface area contributed by atoms with Crippen LogP contribution in [0.4, 0.5) is 0 Å². The van der Waals surface area contributed by atoms with E-state index in [1.165, 1.54) is 0 Å². The number of para-hydroxylation sites is 1. The van der Waals surface area contributed by atoms with Gasteiger partial charge in [0.2, 0.25) is 5.91 Å². The van der Waals surface area contributed by atoms with Crippen LogP contribution < -0.4 is 5.32 Å². The molecule has 1 aromatic heterocycles. The van der Waals surface area contributed by atoms with Gasteiger partial charge in [-0.05, 0) is 30.0 Å². The largest absolute Gasteiger partial charge is 0.394 e. The number of carbonyl (C=O) groups is 1. The molecular formula is C20H22N2O2. The smallest absolute Gasteiger partial charge is 0.220 e. The fourth-order valence-corrected chi connectivity index (χ4v) is 2.95. The van der Waals surface area contributed by atoms with Gasteiger partial charge in [0.1, 0.15) is 0 Å². The highest BCUT2D eigenvalue weighted by molar-refractivity contribution is 5.84. The predicted molar refractivity (Wildman–Crippen MR) is 95.8 cm³/mol. The van der Waals surface area contributed by atoms with E-state index in [-0.39, 0.29) is 18.6 Å². The normalized spacial score (nSPS) is 12.2. The van der Waals surface area contributed by atoms with Crippen LogP contribution in [0.3, 0.4) is 0 Å². The summed E-state index contributed by atoms with van der Waals surface area (Å²) >= 11 is 0. The number of fused-ring (bicyclic) bond motifs is 1. The summed E-state index contributed by atoms with van der Waals surface area (Å²) in [6.07, 6.45) is 3.69. The van der Waals surface area contributed by atoms with E-state index in [2.05, 4.69) is 16.4 Å². The molecule has 0 saturated heterocycles. The summed E-state index contributed by atoms with van der Waals surface area (Å²) in [7, 11) is 0. The summed E-state index contributed by atoms with van der Waals surface area (Å²) in [5, 5.41) is 13.6. The summed E-state index contributed by atoms with van der Waals surface area (Å²) in [4.78, 5) is 15.4. The number of aromatic nitrogens is 1. The van der Waals surface area contributed by atoms with Gasteiger partial charge in [0.15, 0.2) is 0 Å². The van der Waals surface area contributed by atoms with Crippen LogP contribution in [0.1, 0.15) is 17.5 Å². The maximum Gasteiger partial charge on any atom is 0.220 e. The van der Waals surface area contributed by atoms with Crippen molar-refractivity contribution in [2.45, 2.75) is 25.3 Å². The van der Waals surface area contributed by atoms with E-state index in [9.17, 15) is 9.90 Å². The molecule has 4 nitrogen and oxygen atoms in total. The fourth-order valence-electron chi connectivity index (χ4n) is 2.95. The quantitative estimate of drug-likeness (QED) is 0.626. The molecule has 0 radical (unpaired) electrons. The first-order valence-corrected chi connectivity index (χ1v) is 8.25. The number of hydrogen-bond donors (Lipinski definition) is 3. The lowest BCUT2D eigenvalue weighted by Gasteiger charge is -2.16. The third kappa shape index (κ3) is 4.03. The van der Waals surface area contributed by atoms with Crippen LogP contribution in [0.25, 0.3) is 10.9 Å². The van der Waals surface area contributed by atoms with E-state index in [1.54, 1.807) is 0 Å². The molecule has 4 heteroatoms. The van der Waals surface area contributed by atoms with Crippen LogP contribution in [0.15, 0.2) is 60.8 Å². The van der Waals surface area contributed by atoms with Crippen molar-refractivity contribution in [2.24, 2.45) is 0 Å². The molecule has 0 fully saturated rings. The first-order valence-electron chi connectivity index (χ1n) is 8.25. The summed E-state index contributed by atoms with van der Waals surface area (Å²) < 4.78 is 0. The van der Waals surface area contributed by atoms with Gasteiger partial charge in [-0.2, -0.15) is 0 Å². The number of aromatic amines is 1. The molecule has 3 aromatic rings. The second-order valence-corrected chi connectivity index (χ2v) is 6.00. The van der Waals surface area contributed by atoms with Gasteiger partial charge in [0.25, 0.3) is 0 Å². The number of aliphatic hydroxyl groups is 1. The molecule has 0 aliphatic heterocycles. The Kier molecular flexibility index (Phi) is 5.29. The topological polar surface area (TPSA) is 65.1 Å². The molecule has 1 heterocycles. The molecule has 0 bridgehead atoms. The zero-order valence-corrected chi connectivity index (χ0v) is 13.5.